The first kappa shape index (κ1) is 12.6. The van der Waals surface area contributed by atoms with Gasteiger partial charge in [-0.3, -0.25) is 0 Å². The Morgan fingerprint density at radius 2 is 1.80 bits per heavy atom. The summed E-state index contributed by atoms with van der Waals surface area (Å²) in [6, 6.07) is 10.8. The van der Waals surface area contributed by atoms with Crippen LogP contribution in [0, 0.1) is 0 Å². The van der Waals surface area contributed by atoms with Crippen molar-refractivity contribution in [3.05, 3.63) is 35.9 Å². The van der Waals surface area contributed by atoms with E-state index in [9.17, 15) is 0 Å². The fourth-order valence-corrected chi connectivity index (χ4v) is 2.68. The van der Waals surface area contributed by atoms with Gasteiger partial charge in [0, 0.05) is 5.25 Å². The molecular weight excluding hydrogens is 200 g/mol. The van der Waals surface area contributed by atoms with E-state index in [1.165, 1.54) is 37.0 Å². The van der Waals surface area contributed by atoms with Crippen molar-refractivity contribution < 1.29 is 0 Å². The molecule has 0 radical (unpaired) electrons. The SMILES string of the molecule is CCCCCCSC(C)c1ccccc1. The lowest BCUT2D eigenvalue weighted by Crippen LogP contribution is -1.90. The van der Waals surface area contributed by atoms with Gasteiger partial charge in [0.1, 0.15) is 0 Å². The molecule has 1 aromatic carbocycles. The van der Waals surface area contributed by atoms with Gasteiger partial charge in [-0.15, -0.1) is 0 Å². The fourth-order valence-electron chi connectivity index (χ4n) is 1.61. The predicted octanol–water partition coefficient (Wildman–Crippen LogP) is 5.06. The molecule has 0 N–H and O–H groups in total. The average molecular weight is 222 g/mol. The maximum Gasteiger partial charge on any atom is 0.0269 e. The third kappa shape index (κ3) is 5.27. The monoisotopic (exact) mass is 222 g/mol. The summed E-state index contributed by atoms with van der Waals surface area (Å²) in [6.45, 7) is 4.57. The summed E-state index contributed by atoms with van der Waals surface area (Å²) in [7, 11) is 0. The Morgan fingerprint density at radius 3 is 2.47 bits per heavy atom. The van der Waals surface area contributed by atoms with E-state index in [1.54, 1.807) is 0 Å². The lowest BCUT2D eigenvalue weighted by molar-refractivity contribution is 0.706. The minimum absolute atomic E-state index is 0.646. The van der Waals surface area contributed by atoms with E-state index in [0.29, 0.717) is 5.25 Å². The molecule has 0 spiro atoms. The van der Waals surface area contributed by atoms with E-state index in [-0.39, 0.29) is 0 Å². The number of rotatable bonds is 7. The van der Waals surface area contributed by atoms with Crippen LogP contribution in [-0.4, -0.2) is 5.75 Å². The molecule has 1 atom stereocenters. The molecule has 0 amide bonds. The van der Waals surface area contributed by atoms with Gasteiger partial charge >= 0.3 is 0 Å². The molecule has 0 heterocycles. The van der Waals surface area contributed by atoms with Crippen LogP contribution in [0.4, 0.5) is 0 Å². The summed E-state index contributed by atoms with van der Waals surface area (Å²) in [5, 5.41) is 0.646. The molecule has 1 aromatic rings. The molecule has 0 bridgehead atoms. The molecule has 0 saturated heterocycles. The number of benzene rings is 1. The van der Waals surface area contributed by atoms with Gasteiger partial charge < -0.3 is 0 Å². The molecule has 1 rings (SSSR count). The minimum Gasteiger partial charge on any atom is -0.154 e. The molecule has 15 heavy (non-hydrogen) atoms. The van der Waals surface area contributed by atoms with Crippen LogP contribution < -0.4 is 0 Å². The molecule has 0 aromatic heterocycles. The third-order valence-electron chi connectivity index (χ3n) is 2.63. The van der Waals surface area contributed by atoms with Gasteiger partial charge in [0.25, 0.3) is 0 Å². The number of unbranched alkanes of at least 4 members (excludes halogenated alkanes) is 3. The Kier molecular flexibility index (Phi) is 6.58. The first-order valence-electron chi connectivity index (χ1n) is 6.01. The average Bonchev–Trinajstić information content (AvgIpc) is 2.30. The molecule has 0 fully saturated rings. The summed E-state index contributed by atoms with van der Waals surface area (Å²) < 4.78 is 0. The largest absolute Gasteiger partial charge is 0.154 e. The van der Waals surface area contributed by atoms with Crippen LogP contribution in [0.1, 0.15) is 50.3 Å². The zero-order valence-corrected chi connectivity index (χ0v) is 10.7. The van der Waals surface area contributed by atoms with Crippen LogP contribution in [0.5, 0.6) is 0 Å². The quantitative estimate of drug-likeness (QED) is 0.581. The van der Waals surface area contributed by atoms with Crippen molar-refractivity contribution in [2.75, 3.05) is 5.75 Å². The topological polar surface area (TPSA) is 0 Å². The molecule has 0 aliphatic carbocycles. The predicted molar refractivity (Wildman–Crippen MR) is 71.5 cm³/mol. The second-order valence-corrected chi connectivity index (χ2v) is 5.43. The highest BCUT2D eigenvalue weighted by atomic mass is 32.2. The second kappa shape index (κ2) is 7.81. The Morgan fingerprint density at radius 1 is 1.07 bits per heavy atom. The molecule has 1 unspecified atom stereocenters. The van der Waals surface area contributed by atoms with E-state index in [1.807, 2.05) is 0 Å². The lowest BCUT2D eigenvalue weighted by Gasteiger charge is -2.11. The maximum atomic E-state index is 2.31. The summed E-state index contributed by atoms with van der Waals surface area (Å²) >= 11 is 2.08. The van der Waals surface area contributed by atoms with Gasteiger partial charge in [0.15, 0.2) is 0 Å². The highest BCUT2D eigenvalue weighted by Gasteiger charge is 2.03. The van der Waals surface area contributed by atoms with Crippen molar-refractivity contribution in [1.29, 1.82) is 0 Å². The summed E-state index contributed by atoms with van der Waals surface area (Å²) in [6.07, 6.45) is 5.49. The van der Waals surface area contributed by atoms with Crippen molar-refractivity contribution in [2.45, 2.75) is 44.8 Å². The smallest absolute Gasteiger partial charge is 0.0269 e. The highest BCUT2D eigenvalue weighted by Crippen LogP contribution is 2.28. The summed E-state index contributed by atoms with van der Waals surface area (Å²) in [5.74, 6) is 1.30. The molecule has 84 valence electrons. The Bertz CT molecular complexity index is 243. The summed E-state index contributed by atoms with van der Waals surface area (Å²) in [4.78, 5) is 0. The van der Waals surface area contributed by atoms with Crippen LogP contribution >= 0.6 is 11.8 Å². The van der Waals surface area contributed by atoms with Crippen LogP contribution in [0.15, 0.2) is 30.3 Å². The molecule has 0 nitrogen and oxygen atoms in total. The number of hydrogen-bond acceptors (Lipinski definition) is 1. The Hall–Kier alpha value is -0.430. The first-order valence-corrected chi connectivity index (χ1v) is 7.06. The molecule has 1 heteroatoms. The van der Waals surface area contributed by atoms with Crippen LogP contribution in [0.25, 0.3) is 0 Å². The van der Waals surface area contributed by atoms with E-state index in [2.05, 4.69) is 55.9 Å². The number of thioether (sulfide) groups is 1. The highest BCUT2D eigenvalue weighted by molar-refractivity contribution is 7.99. The maximum absolute atomic E-state index is 2.31. The fraction of sp³-hybridized carbons (Fsp3) is 0.571. The first-order chi connectivity index (χ1) is 7.34. The lowest BCUT2D eigenvalue weighted by atomic mass is 10.2. The normalized spacial score (nSPS) is 12.7. The summed E-state index contributed by atoms with van der Waals surface area (Å²) in [5.41, 5.74) is 1.46. The van der Waals surface area contributed by atoms with E-state index in [4.69, 9.17) is 0 Å². The van der Waals surface area contributed by atoms with Crippen LogP contribution in [0.3, 0.4) is 0 Å². The molecule has 0 aliphatic rings. The molecular formula is C14H22S. The third-order valence-corrected chi connectivity index (χ3v) is 3.93. The zero-order valence-electron chi connectivity index (χ0n) is 9.91. The van der Waals surface area contributed by atoms with Gasteiger partial charge in [-0.25, -0.2) is 0 Å². The van der Waals surface area contributed by atoms with Gasteiger partial charge in [0.05, 0.1) is 0 Å². The van der Waals surface area contributed by atoms with Crippen LogP contribution in [0.2, 0.25) is 0 Å². The van der Waals surface area contributed by atoms with Crippen molar-refractivity contribution >= 4 is 11.8 Å². The van der Waals surface area contributed by atoms with Gasteiger partial charge in [-0.1, -0.05) is 56.5 Å². The van der Waals surface area contributed by atoms with Crippen molar-refractivity contribution in [1.82, 2.24) is 0 Å². The molecule has 0 saturated carbocycles. The van der Waals surface area contributed by atoms with Crippen LogP contribution in [-0.2, 0) is 0 Å². The van der Waals surface area contributed by atoms with Crippen molar-refractivity contribution in [2.24, 2.45) is 0 Å². The standard InChI is InChI=1S/C14H22S/c1-3-4-5-9-12-15-13(2)14-10-7-6-8-11-14/h6-8,10-11,13H,3-5,9,12H2,1-2H3. The van der Waals surface area contributed by atoms with E-state index < -0.39 is 0 Å². The minimum atomic E-state index is 0.646. The molecule has 0 aliphatic heterocycles. The van der Waals surface area contributed by atoms with Crippen molar-refractivity contribution in [3.8, 4) is 0 Å². The van der Waals surface area contributed by atoms with Crippen molar-refractivity contribution in [3.63, 3.8) is 0 Å². The van der Waals surface area contributed by atoms with Gasteiger partial charge in [-0.05, 0) is 24.7 Å². The number of hydrogen-bond donors (Lipinski definition) is 0. The second-order valence-electron chi connectivity index (χ2n) is 3.98. The zero-order chi connectivity index (χ0) is 10.9. The van der Waals surface area contributed by atoms with E-state index in [0.717, 1.165) is 0 Å². The Balaban J connectivity index is 2.16. The van der Waals surface area contributed by atoms with E-state index >= 15 is 0 Å². The van der Waals surface area contributed by atoms with Gasteiger partial charge in [0.2, 0.25) is 0 Å². The Labute approximate surface area is 98.5 Å². The van der Waals surface area contributed by atoms with Gasteiger partial charge in [-0.2, -0.15) is 11.8 Å².